The Morgan fingerprint density at radius 2 is 0.946 bits per heavy atom. The van der Waals surface area contributed by atoms with Crippen molar-refractivity contribution in [1.29, 1.82) is 0 Å². The van der Waals surface area contributed by atoms with Crippen LogP contribution in [0.1, 0.15) is 143 Å². The van der Waals surface area contributed by atoms with Crippen molar-refractivity contribution in [2.24, 2.45) is 4.99 Å². The van der Waals surface area contributed by atoms with Gasteiger partial charge in [0.15, 0.2) is 0 Å². The Hall–Kier alpha value is -1.06. The summed E-state index contributed by atoms with van der Waals surface area (Å²) >= 11 is 0. The third kappa shape index (κ3) is 8.46. The van der Waals surface area contributed by atoms with Crippen LogP contribution in [0.15, 0.2) is 41.4 Å². The molecule has 4 heteroatoms. The second-order valence-electron chi connectivity index (χ2n) is 13.4. The quantitative estimate of drug-likeness (QED) is 0.153. The molecule has 200 valence electrons. The molecule has 0 N–H and O–H groups in total. The van der Waals surface area contributed by atoms with Crippen LogP contribution in [0.3, 0.4) is 0 Å². The van der Waals surface area contributed by atoms with Crippen molar-refractivity contribution >= 4 is 24.9 Å². The van der Waals surface area contributed by atoms with Crippen molar-refractivity contribution in [3.8, 4) is 0 Å². The Kier molecular flexibility index (Phi) is 12.2. The third-order valence-corrected chi connectivity index (χ3v) is 9.93. The Morgan fingerprint density at radius 1 is 0.622 bits per heavy atom. The minimum atomic E-state index is -0.697. The maximum absolute atomic E-state index is 5.61. The molecule has 2 aromatic carbocycles. The number of benzene rings is 2. The first-order valence-corrected chi connectivity index (χ1v) is 15.2. The minimum absolute atomic E-state index is 0. The van der Waals surface area contributed by atoms with E-state index in [0.29, 0.717) is 23.7 Å². The number of rotatable bonds is 7. The van der Waals surface area contributed by atoms with Crippen molar-refractivity contribution in [3.63, 3.8) is 0 Å². The largest absolute Gasteiger partial charge is 1.00 e. The molecule has 2 rings (SSSR count). The van der Waals surface area contributed by atoms with Crippen molar-refractivity contribution < 1.29 is 18.9 Å². The summed E-state index contributed by atoms with van der Waals surface area (Å²) in [5.74, 6) is 1.59. The molecule has 0 aromatic heterocycles. The summed E-state index contributed by atoms with van der Waals surface area (Å²) in [4.78, 5) is 5.61. The van der Waals surface area contributed by atoms with Gasteiger partial charge in [0.2, 0.25) is 0 Å². The zero-order chi connectivity index (χ0) is 27.6. The van der Waals surface area contributed by atoms with Gasteiger partial charge in [-0.25, -0.2) is 0 Å². The van der Waals surface area contributed by atoms with E-state index in [2.05, 4.69) is 133 Å². The van der Waals surface area contributed by atoms with Gasteiger partial charge in [0.1, 0.15) is 0 Å². The molecule has 0 aliphatic carbocycles. The Morgan fingerprint density at radius 3 is 1.24 bits per heavy atom. The van der Waals surface area contributed by atoms with Gasteiger partial charge in [-0.1, -0.05) is 147 Å². The molecule has 0 fully saturated rings. The fraction of sp³-hybridized carbons (Fsp3) is 0.606. The number of nitrogens with zero attached hydrogens (tertiary/aromatic N) is 2. The van der Waals surface area contributed by atoms with E-state index in [-0.39, 0.29) is 29.2 Å². The second kappa shape index (κ2) is 13.3. The molecule has 0 radical (unpaired) electrons. The van der Waals surface area contributed by atoms with Crippen LogP contribution in [-0.2, 0) is 0 Å². The van der Waals surface area contributed by atoms with Crippen molar-refractivity contribution in [3.05, 3.63) is 64.0 Å². The van der Waals surface area contributed by atoms with E-state index in [9.17, 15) is 0 Å². The van der Waals surface area contributed by atoms with Crippen LogP contribution < -0.4 is 18.9 Å². The Bertz CT molecular complexity index is 986. The van der Waals surface area contributed by atoms with E-state index in [1.54, 1.807) is 0 Å². The summed E-state index contributed by atoms with van der Waals surface area (Å²) in [6.07, 6.45) is 0. The molecule has 0 heterocycles. The number of hydrogen-bond donors (Lipinski definition) is 0. The van der Waals surface area contributed by atoms with E-state index >= 15 is 0 Å². The maximum Gasteiger partial charge on any atom is 1.00 e. The predicted molar refractivity (Wildman–Crippen MR) is 166 cm³/mol. The van der Waals surface area contributed by atoms with Crippen LogP contribution in [0.2, 0.25) is 0 Å². The van der Waals surface area contributed by atoms with Crippen LogP contribution in [0.5, 0.6) is 0 Å². The van der Waals surface area contributed by atoms with Crippen molar-refractivity contribution in [2.45, 2.75) is 131 Å². The molecule has 0 saturated heterocycles. The number of hydrogen-bond acceptors (Lipinski definition) is 1. The van der Waals surface area contributed by atoms with Crippen molar-refractivity contribution in [1.82, 2.24) is 0 Å². The molecule has 0 aliphatic rings. The maximum atomic E-state index is 5.61. The first-order valence-electron chi connectivity index (χ1n) is 13.8. The molecular weight excluding hydrogens is 462 g/mol. The SMILES string of the molecule is CC(C)c1cccc(C(C)C)c1N=C([N-]c1c(C(C)C)cccc1C(C)C)P(C(C)(C)C)C(C)(C)C.[Li+]. The number of amidine groups is 1. The first-order chi connectivity index (χ1) is 16.5. The molecule has 0 amide bonds. The van der Waals surface area contributed by atoms with Gasteiger partial charge in [-0.15, -0.1) is 0 Å². The molecule has 0 unspecified atom stereocenters. The van der Waals surface area contributed by atoms with Crippen LogP contribution in [-0.4, -0.2) is 15.9 Å². The van der Waals surface area contributed by atoms with Crippen LogP contribution in [0.25, 0.3) is 5.32 Å². The van der Waals surface area contributed by atoms with Gasteiger partial charge in [0.05, 0.1) is 0 Å². The fourth-order valence-electron chi connectivity index (χ4n) is 5.21. The number of aliphatic imine (C=N–C) groups is 1. The summed E-state index contributed by atoms with van der Waals surface area (Å²) in [6.45, 7) is 32.4. The molecule has 0 spiro atoms. The topological polar surface area (TPSA) is 26.5 Å². The summed E-state index contributed by atoms with van der Waals surface area (Å²) in [7, 11) is -0.697. The molecule has 37 heavy (non-hydrogen) atoms. The van der Waals surface area contributed by atoms with Crippen LogP contribution >= 0.6 is 7.92 Å². The predicted octanol–water partition coefficient (Wildman–Crippen LogP) is 8.96. The van der Waals surface area contributed by atoms with Gasteiger partial charge in [0, 0.05) is 0 Å². The average Bonchev–Trinajstić information content (AvgIpc) is 2.71. The van der Waals surface area contributed by atoms with Crippen molar-refractivity contribution in [2.75, 3.05) is 0 Å². The summed E-state index contributed by atoms with van der Waals surface area (Å²) in [6, 6.07) is 13.4. The molecule has 0 saturated carbocycles. The summed E-state index contributed by atoms with van der Waals surface area (Å²) < 4.78 is 0. The van der Waals surface area contributed by atoms with E-state index < -0.39 is 7.92 Å². The third-order valence-electron chi connectivity index (χ3n) is 6.65. The van der Waals surface area contributed by atoms with E-state index in [1.165, 1.54) is 22.3 Å². The van der Waals surface area contributed by atoms with Gasteiger partial charge in [-0.2, -0.15) is 0 Å². The van der Waals surface area contributed by atoms with Gasteiger partial charge in [-0.05, 0) is 67.6 Å². The normalized spacial score (nSPS) is 13.2. The zero-order valence-corrected chi connectivity index (χ0v) is 27.5. The minimum Gasteiger partial charge on any atom is -0.435 e. The van der Waals surface area contributed by atoms with Crippen LogP contribution in [0.4, 0.5) is 11.4 Å². The molecule has 0 bridgehead atoms. The van der Waals surface area contributed by atoms with Crippen LogP contribution in [0, 0.1) is 0 Å². The first kappa shape index (κ1) is 34.0. The number of para-hydroxylation sites is 2. The summed E-state index contributed by atoms with van der Waals surface area (Å²) in [5.41, 5.74) is 8.54. The molecule has 0 atom stereocenters. The summed E-state index contributed by atoms with van der Waals surface area (Å²) in [5, 5.41) is 5.73. The fourth-order valence-corrected chi connectivity index (χ4v) is 8.83. The molecular formula is C33H52LiN2P. The van der Waals surface area contributed by atoms with Gasteiger partial charge < -0.3 is 10.3 Å². The zero-order valence-electron chi connectivity index (χ0n) is 26.6. The van der Waals surface area contributed by atoms with Gasteiger partial charge >= 0.3 is 18.9 Å². The van der Waals surface area contributed by atoms with E-state index in [0.717, 1.165) is 17.0 Å². The average molecular weight is 515 g/mol. The second-order valence-corrected chi connectivity index (χ2v) is 17.1. The Labute approximate surface area is 242 Å². The van der Waals surface area contributed by atoms with E-state index in [1.807, 2.05) is 0 Å². The van der Waals surface area contributed by atoms with E-state index in [4.69, 9.17) is 10.3 Å². The monoisotopic (exact) mass is 514 g/mol. The standard InChI is InChI=1S/C33H52N2P.Li/c1-21(2)25-17-15-18-26(22(3)4)29(25)34-31(36(32(9,10)11)33(12,13)14)35-30-27(23(5)6)19-16-20-28(30)24(7)8;/h15-24H,1-14H3;/q-1;+1. The smallest absolute Gasteiger partial charge is 0.435 e. The molecule has 2 nitrogen and oxygen atoms in total. The van der Waals surface area contributed by atoms with Gasteiger partial charge in [-0.3, -0.25) is 0 Å². The van der Waals surface area contributed by atoms with Gasteiger partial charge in [0.25, 0.3) is 0 Å². The molecule has 2 aromatic rings. The Balaban J connectivity index is 0.00000684. The molecule has 0 aliphatic heterocycles.